The van der Waals surface area contributed by atoms with Crippen LogP contribution in [0.15, 0.2) is 59.5 Å². The first-order valence-electron chi connectivity index (χ1n) is 7.64. The highest BCUT2D eigenvalue weighted by atomic mass is 32.2. The predicted molar refractivity (Wildman–Crippen MR) is 95.9 cm³/mol. The normalized spacial score (nSPS) is 17.0. The molecule has 1 fully saturated rings. The molecular formula is C19H17NO3S. The summed E-state index contributed by atoms with van der Waals surface area (Å²) in [4.78, 5) is 23.1. The van der Waals surface area contributed by atoms with E-state index in [0.29, 0.717) is 17.4 Å². The minimum Gasteiger partial charge on any atom is -0.493 e. The van der Waals surface area contributed by atoms with Gasteiger partial charge in [0.05, 0.1) is 11.5 Å². The summed E-state index contributed by atoms with van der Waals surface area (Å²) in [7, 11) is 0. The van der Waals surface area contributed by atoms with Gasteiger partial charge >= 0.3 is 0 Å². The molecule has 0 aromatic heterocycles. The van der Waals surface area contributed by atoms with Crippen LogP contribution in [0.5, 0.6) is 5.75 Å². The molecular weight excluding hydrogens is 322 g/mol. The molecule has 1 aliphatic rings. The van der Waals surface area contributed by atoms with Crippen LogP contribution in [0.1, 0.15) is 24.0 Å². The third-order valence-corrected chi connectivity index (χ3v) is 4.50. The van der Waals surface area contributed by atoms with Crippen LogP contribution >= 0.6 is 11.8 Å². The van der Waals surface area contributed by atoms with Crippen molar-refractivity contribution in [3.63, 3.8) is 0 Å². The molecule has 0 bridgehead atoms. The Morgan fingerprint density at radius 1 is 1.08 bits per heavy atom. The molecule has 0 saturated carbocycles. The summed E-state index contributed by atoms with van der Waals surface area (Å²) >= 11 is 0.915. The van der Waals surface area contributed by atoms with Crippen molar-refractivity contribution >= 4 is 29.0 Å². The Morgan fingerprint density at radius 2 is 1.79 bits per heavy atom. The first-order chi connectivity index (χ1) is 11.6. The van der Waals surface area contributed by atoms with Crippen LogP contribution in [-0.2, 0) is 4.79 Å². The summed E-state index contributed by atoms with van der Waals surface area (Å²) in [6.45, 7) is 2.72. The Bertz CT molecular complexity index is 769. The van der Waals surface area contributed by atoms with E-state index in [1.165, 1.54) is 5.56 Å². The van der Waals surface area contributed by atoms with Crippen LogP contribution in [0.3, 0.4) is 0 Å². The SMILES string of the molecule is CC(COc1ccc(/C=C2/SC(=O)NC2=O)cc1)c1ccccc1. The lowest BCUT2D eigenvalue weighted by atomic mass is 10.0. The fourth-order valence-corrected chi connectivity index (χ4v) is 3.01. The van der Waals surface area contributed by atoms with Gasteiger partial charge in [-0.05, 0) is 41.1 Å². The zero-order valence-electron chi connectivity index (χ0n) is 13.2. The Balaban J connectivity index is 1.60. The van der Waals surface area contributed by atoms with E-state index in [9.17, 15) is 9.59 Å². The molecule has 1 atom stereocenters. The number of benzene rings is 2. The molecule has 4 nitrogen and oxygen atoms in total. The molecule has 0 radical (unpaired) electrons. The van der Waals surface area contributed by atoms with Gasteiger partial charge in [-0.25, -0.2) is 0 Å². The summed E-state index contributed by atoms with van der Waals surface area (Å²) in [5.74, 6) is 0.735. The fourth-order valence-electron chi connectivity index (χ4n) is 2.33. The summed E-state index contributed by atoms with van der Waals surface area (Å²) in [6, 6.07) is 17.7. The van der Waals surface area contributed by atoms with Crippen LogP contribution in [-0.4, -0.2) is 17.8 Å². The predicted octanol–water partition coefficient (Wildman–Crippen LogP) is 4.19. The maximum Gasteiger partial charge on any atom is 0.290 e. The molecule has 2 aromatic carbocycles. The molecule has 1 aliphatic heterocycles. The van der Waals surface area contributed by atoms with Crippen LogP contribution < -0.4 is 10.1 Å². The molecule has 1 unspecified atom stereocenters. The lowest BCUT2D eigenvalue weighted by Crippen LogP contribution is -2.17. The van der Waals surface area contributed by atoms with Crippen molar-refractivity contribution < 1.29 is 14.3 Å². The number of hydrogen-bond donors (Lipinski definition) is 1. The minimum atomic E-state index is -0.345. The van der Waals surface area contributed by atoms with Gasteiger partial charge in [-0.2, -0.15) is 0 Å². The largest absolute Gasteiger partial charge is 0.493 e. The first-order valence-corrected chi connectivity index (χ1v) is 8.46. The van der Waals surface area contributed by atoms with E-state index in [1.54, 1.807) is 6.08 Å². The van der Waals surface area contributed by atoms with Crippen molar-refractivity contribution in [2.45, 2.75) is 12.8 Å². The van der Waals surface area contributed by atoms with E-state index < -0.39 is 0 Å². The molecule has 1 N–H and O–H groups in total. The van der Waals surface area contributed by atoms with E-state index in [0.717, 1.165) is 23.1 Å². The Hall–Kier alpha value is -2.53. The van der Waals surface area contributed by atoms with Crippen molar-refractivity contribution in [3.8, 4) is 5.75 Å². The number of hydrogen-bond acceptors (Lipinski definition) is 4. The zero-order valence-corrected chi connectivity index (χ0v) is 14.0. The lowest BCUT2D eigenvalue weighted by Gasteiger charge is -2.13. The number of imide groups is 1. The van der Waals surface area contributed by atoms with Gasteiger partial charge in [-0.15, -0.1) is 0 Å². The van der Waals surface area contributed by atoms with E-state index in [1.807, 2.05) is 42.5 Å². The van der Waals surface area contributed by atoms with E-state index in [4.69, 9.17) is 4.74 Å². The van der Waals surface area contributed by atoms with Gasteiger partial charge < -0.3 is 4.74 Å². The van der Waals surface area contributed by atoms with Crippen molar-refractivity contribution in [2.75, 3.05) is 6.61 Å². The molecule has 2 aromatic rings. The molecule has 0 spiro atoms. The van der Waals surface area contributed by atoms with Crippen LogP contribution in [0.25, 0.3) is 6.08 Å². The standard InChI is InChI=1S/C19H17NO3S/c1-13(15-5-3-2-4-6-15)12-23-16-9-7-14(8-10-16)11-17-18(21)20-19(22)24-17/h2-11,13H,12H2,1H3,(H,20,21,22)/b17-11+. The van der Waals surface area contributed by atoms with Crippen molar-refractivity contribution in [1.29, 1.82) is 0 Å². The highest BCUT2D eigenvalue weighted by molar-refractivity contribution is 8.18. The second kappa shape index (κ2) is 7.36. The fraction of sp³-hybridized carbons (Fsp3) is 0.158. The average Bonchev–Trinajstić information content (AvgIpc) is 2.92. The third-order valence-electron chi connectivity index (χ3n) is 3.69. The van der Waals surface area contributed by atoms with E-state index in [-0.39, 0.29) is 11.1 Å². The Labute approximate surface area is 144 Å². The average molecular weight is 339 g/mol. The van der Waals surface area contributed by atoms with Crippen LogP contribution in [0.2, 0.25) is 0 Å². The number of nitrogens with one attached hydrogen (secondary N) is 1. The maximum atomic E-state index is 11.5. The second-order valence-corrected chi connectivity index (χ2v) is 6.56. The summed E-state index contributed by atoms with van der Waals surface area (Å²) in [5.41, 5.74) is 2.10. The minimum absolute atomic E-state index is 0.303. The Morgan fingerprint density at radius 3 is 2.42 bits per heavy atom. The maximum absolute atomic E-state index is 11.5. The topological polar surface area (TPSA) is 55.4 Å². The summed E-state index contributed by atoms with van der Waals surface area (Å²) in [6.07, 6.45) is 1.70. The van der Waals surface area contributed by atoms with Gasteiger partial charge in [0.1, 0.15) is 5.75 Å². The molecule has 122 valence electrons. The Kier molecular flexibility index (Phi) is 5.01. The van der Waals surface area contributed by atoms with Crippen molar-refractivity contribution in [3.05, 3.63) is 70.6 Å². The molecule has 5 heteroatoms. The second-order valence-electron chi connectivity index (χ2n) is 5.54. The summed E-state index contributed by atoms with van der Waals surface area (Å²) < 4.78 is 5.83. The van der Waals surface area contributed by atoms with Crippen molar-refractivity contribution in [2.24, 2.45) is 0 Å². The van der Waals surface area contributed by atoms with E-state index in [2.05, 4.69) is 24.4 Å². The third kappa shape index (κ3) is 4.06. The van der Waals surface area contributed by atoms with Crippen LogP contribution in [0.4, 0.5) is 4.79 Å². The molecule has 1 saturated heterocycles. The highest BCUT2D eigenvalue weighted by Crippen LogP contribution is 2.26. The lowest BCUT2D eigenvalue weighted by molar-refractivity contribution is -0.115. The zero-order chi connectivity index (χ0) is 16.9. The monoisotopic (exact) mass is 339 g/mol. The quantitative estimate of drug-likeness (QED) is 0.830. The van der Waals surface area contributed by atoms with Gasteiger partial charge in [0.2, 0.25) is 0 Å². The van der Waals surface area contributed by atoms with Gasteiger partial charge in [0.15, 0.2) is 0 Å². The molecule has 0 aliphatic carbocycles. The smallest absolute Gasteiger partial charge is 0.290 e. The van der Waals surface area contributed by atoms with Gasteiger partial charge in [0, 0.05) is 5.92 Å². The molecule has 2 amide bonds. The number of ether oxygens (including phenoxy) is 1. The number of carbonyl (C=O) groups is 2. The molecule has 24 heavy (non-hydrogen) atoms. The molecule has 1 heterocycles. The number of rotatable bonds is 5. The number of thioether (sulfide) groups is 1. The number of amides is 2. The van der Waals surface area contributed by atoms with Crippen molar-refractivity contribution in [1.82, 2.24) is 5.32 Å². The van der Waals surface area contributed by atoms with Gasteiger partial charge in [-0.3, -0.25) is 14.9 Å². The summed E-state index contributed by atoms with van der Waals surface area (Å²) in [5, 5.41) is 1.91. The van der Waals surface area contributed by atoms with Gasteiger partial charge in [-0.1, -0.05) is 49.4 Å². The van der Waals surface area contributed by atoms with E-state index >= 15 is 0 Å². The first kappa shape index (κ1) is 16.3. The van der Waals surface area contributed by atoms with Crippen LogP contribution in [0, 0.1) is 0 Å². The number of carbonyl (C=O) groups excluding carboxylic acids is 2. The molecule has 3 rings (SSSR count). The highest BCUT2D eigenvalue weighted by Gasteiger charge is 2.24. The van der Waals surface area contributed by atoms with Gasteiger partial charge in [0.25, 0.3) is 11.1 Å².